The summed E-state index contributed by atoms with van der Waals surface area (Å²) in [6.45, 7) is 4.24. The highest BCUT2D eigenvalue weighted by molar-refractivity contribution is 7.99. The zero-order chi connectivity index (χ0) is 11.8. The van der Waals surface area contributed by atoms with Crippen LogP contribution in [-0.2, 0) is 0 Å². The van der Waals surface area contributed by atoms with E-state index in [2.05, 4.69) is 13.0 Å². The predicted octanol–water partition coefficient (Wildman–Crippen LogP) is 4.41. The van der Waals surface area contributed by atoms with Crippen LogP contribution in [0.4, 0.5) is 0 Å². The van der Waals surface area contributed by atoms with E-state index in [1.54, 1.807) is 0 Å². The van der Waals surface area contributed by atoms with E-state index in [1.165, 1.54) is 24.2 Å². The van der Waals surface area contributed by atoms with Gasteiger partial charge in [0.15, 0.2) is 0 Å². The highest BCUT2D eigenvalue weighted by Gasteiger charge is 2.09. The average Bonchev–Trinajstić information content (AvgIpc) is 2.34. The maximum atomic E-state index is 9.90. The van der Waals surface area contributed by atoms with E-state index in [9.17, 15) is 5.11 Å². The van der Waals surface area contributed by atoms with Gasteiger partial charge in [-0.05, 0) is 30.2 Å². The predicted molar refractivity (Wildman–Crippen MR) is 71.9 cm³/mol. The second-order valence-corrected chi connectivity index (χ2v) is 5.15. The van der Waals surface area contributed by atoms with Gasteiger partial charge in [0.2, 0.25) is 0 Å². The molecule has 1 atom stereocenters. The number of unbranched alkanes of at least 4 members (excludes halogenated alkanes) is 2. The van der Waals surface area contributed by atoms with Crippen LogP contribution < -0.4 is 0 Å². The van der Waals surface area contributed by atoms with Crippen molar-refractivity contribution in [1.29, 1.82) is 0 Å². The summed E-state index contributed by atoms with van der Waals surface area (Å²) in [5, 5.41) is 9.90. The molecule has 0 aliphatic rings. The smallest absolute Gasteiger partial charge is 0.0798 e. The number of hydrogen-bond acceptors (Lipinski definition) is 2. The van der Waals surface area contributed by atoms with Crippen LogP contribution in [0.25, 0.3) is 0 Å². The van der Waals surface area contributed by atoms with Crippen LogP contribution in [0.3, 0.4) is 0 Å². The van der Waals surface area contributed by atoms with E-state index in [1.807, 2.05) is 36.9 Å². The van der Waals surface area contributed by atoms with Gasteiger partial charge in [-0.2, -0.15) is 0 Å². The van der Waals surface area contributed by atoms with Crippen LogP contribution in [0.5, 0.6) is 0 Å². The number of hydrogen-bond donors (Lipinski definition) is 1. The molecule has 0 aliphatic heterocycles. The molecule has 16 heavy (non-hydrogen) atoms. The zero-order valence-corrected chi connectivity index (χ0v) is 11.1. The van der Waals surface area contributed by atoms with Crippen molar-refractivity contribution in [3.63, 3.8) is 0 Å². The van der Waals surface area contributed by atoms with Crippen LogP contribution in [0.2, 0.25) is 0 Å². The van der Waals surface area contributed by atoms with Crippen molar-refractivity contribution < 1.29 is 5.11 Å². The Morgan fingerprint density at radius 3 is 2.62 bits per heavy atom. The zero-order valence-electron chi connectivity index (χ0n) is 10.3. The third-order valence-corrected chi connectivity index (χ3v) is 3.85. The Morgan fingerprint density at radius 2 is 1.94 bits per heavy atom. The first kappa shape index (κ1) is 13.6. The van der Waals surface area contributed by atoms with E-state index < -0.39 is 0 Å². The summed E-state index contributed by atoms with van der Waals surface area (Å²) in [5.41, 5.74) is 1.09. The Balaban J connectivity index is 2.57. The van der Waals surface area contributed by atoms with Crippen LogP contribution in [0.1, 0.15) is 51.2 Å². The molecule has 0 aromatic heterocycles. The summed E-state index contributed by atoms with van der Waals surface area (Å²) < 4.78 is 0. The molecule has 1 N–H and O–H groups in total. The van der Waals surface area contributed by atoms with Gasteiger partial charge in [-0.25, -0.2) is 0 Å². The summed E-state index contributed by atoms with van der Waals surface area (Å²) in [6, 6.07) is 8.21. The van der Waals surface area contributed by atoms with Gasteiger partial charge in [0.05, 0.1) is 6.10 Å². The first-order valence-electron chi connectivity index (χ1n) is 6.19. The van der Waals surface area contributed by atoms with Crippen LogP contribution in [-0.4, -0.2) is 10.9 Å². The molecule has 0 amide bonds. The molecule has 0 bridgehead atoms. The summed E-state index contributed by atoms with van der Waals surface area (Å²) in [4.78, 5) is 1.24. The van der Waals surface area contributed by atoms with Crippen LogP contribution >= 0.6 is 11.8 Å². The molecule has 1 aromatic rings. The minimum absolute atomic E-state index is 0.310. The topological polar surface area (TPSA) is 20.2 Å². The number of benzene rings is 1. The van der Waals surface area contributed by atoms with Gasteiger partial charge >= 0.3 is 0 Å². The maximum absolute atomic E-state index is 9.90. The maximum Gasteiger partial charge on any atom is 0.0798 e. The van der Waals surface area contributed by atoms with E-state index in [0.29, 0.717) is 0 Å². The molecule has 2 heteroatoms. The first-order chi connectivity index (χ1) is 7.79. The molecule has 0 fully saturated rings. The molecule has 0 aliphatic carbocycles. The van der Waals surface area contributed by atoms with Crippen molar-refractivity contribution in [3.05, 3.63) is 29.8 Å². The second kappa shape index (κ2) is 7.75. The van der Waals surface area contributed by atoms with E-state index >= 15 is 0 Å². The van der Waals surface area contributed by atoms with E-state index in [0.717, 1.165) is 17.7 Å². The SMILES string of the molecule is CCCCCSc1ccccc1[C@H](O)CC. The Morgan fingerprint density at radius 1 is 1.19 bits per heavy atom. The number of aliphatic hydroxyl groups is 1. The summed E-state index contributed by atoms with van der Waals surface area (Å²) >= 11 is 1.87. The molecule has 0 unspecified atom stereocenters. The summed E-state index contributed by atoms with van der Waals surface area (Å²) in [6.07, 6.45) is 4.30. The number of aliphatic hydroxyl groups excluding tert-OH is 1. The van der Waals surface area contributed by atoms with E-state index in [4.69, 9.17) is 0 Å². The Hall–Kier alpha value is -0.470. The fourth-order valence-corrected chi connectivity index (χ4v) is 2.76. The summed E-state index contributed by atoms with van der Waals surface area (Å²) in [7, 11) is 0. The lowest BCUT2D eigenvalue weighted by Gasteiger charge is -2.13. The van der Waals surface area contributed by atoms with Crippen molar-refractivity contribution in [1.82, 2.24) is 0 Å². The molecule has 0 radical (unpaired) electrons. The molecule has 1 aromatic carbocycles. The monoisotopic (exact) mass is 238 g/mol. The molecule has 1 rings (SSSR count). The first-order valence-corrected chi connectivity index (χ1v) is 7.18. The summed E-state index contributed by atoms with van der Waals surface area (Å²) in [5.74, 6) is 1.15. The Bertz CT molecular complexity index is 299. The minimum Gasteiger partial charge on any atom is -0.388 e. The molecule has 1 nitrogen and oxygen atoms in total. The van der Waals surface area contributed by atoms with Crippen molar-refractivity contribution in [3.8, 4) is 0 Å². The molecule has 90 valence electrons. The molecular weight excluding hydrogens is 216 g/mol. The normalized spacial score (nSPS) is 12.7. The quantitative estimate of drug-likeness (QED) is 0.561. The minimum atomic E-state index is -0.310. The van der Waals surface area contributed by atoms with Gasteiger partial charge in [-0.1, -0.05) is 44.9 Å². The van der Waals surface area contributed by atoms with Crippen LogP contribution in [0, 0.1) is 0 Å². The lowest BCUT2D eigenvalue weighted by molar-refractivity contribution is 0.171. The van der Waals surface area contributed by atoms with Crippen molar-refractivity contribution in [2.75, 3.05) is 5.75 Å². The van der Waals surface area contributed by atoms with Gasteiger partial charge in [0.1, 0.15) is 0 Å². The van der Waals surface area contributed by atoms with Gasteiger partial charge in [0.25, 0.3) is 0 Å². The average molecular weight is 238 g/mol. The third kappa shape index (κ3) is 4.18. The molecule has 0 saturated carbocycles. The van der Waals surface area contributed by atoms with Crippen molar-refractivity contribution in [2.24, 2.45) is 0 Å². The Kier molecular flexibility index (Phi) is 6.58. The molecule has 0 saturated heterocycles. The van der Waals surface area contributed by atoms with Crippen molar-refractivity contribution >= 4 is 11.8 Å². The van der Waals surface area contributed by atoms with Gasteiger partial charge in [-0.15, -0.1) is 11.8 Å². The van der Waals surface area contributed by atoms with E-state index in [-0.39, 0.29) is 6.10 Å². The largest absolute Gasteiger partial charge is 0.388 e. The highest BCUT2D eigenvalue weighted by Crippen LogP contribution is 2.29. The molecular formula is C14H22OS. The van der Waals surface area contributed by atoms with Crippen LogP contribution in [0.15, 0.2) is 29.2 Å². The van der Waals surface area contributed by atoms with Gasteiger partial charge in [-0.3, -0.25) is 0 Å². The van der Waals surface area contributed by atoms with Gasteiger partial charge in [0, 0.05) is 4.90 Å². The molecule has 0 heterocycles. The fourth-order valence-electron chi connectivity index (χ4n) is 1.64. The molecule has 0 spiro atoms. The second-order valence-electron chi connectivity index (χ2n) is 4.02. The standard InChI is InChI=1S/C14H22OS/c1-3-5-8-11-16-14-10-7-6-9-12(14)13(15)4-2/h6-7,9-10,13,15H,3-5,8,11H2,1-2H3/t13-/m1/s1. The number of thioether (sulfide) groups is 1. The fraction of sp³-hybridized carbons (Fsp3) is 0.571. The highest BCUT2D eigenvalue weighted by atomic mass is 32.2. The van der Waals surface area contributed by atoms with Gasteiger partial charge < -0.3 is 5.11 Å². The lowest BCUT2D eigenvalue weighted by atomic mass is 10.1. The third-order valence-electron chi connectivity index (χ3n) is 2.67. The number of rotatable bonds is 7. The lowest BCUT2D eigenvalue weighted by Crippen LogP contribution is -1.97. The van der Waals surface area contributed by atoms with Crippen molar-refractivity contribution in [2.45, 2.75) is 50.5 Å². The Labute approximate surface area is 103 Å².